The van der Waals surface area contributed by atoms with Gasteiger partial charge in [-0.15, -0.1) is 5.10 Å². The van der Waals surface area contributed by atoms with E-state index in [0.29, 0.717) is 25.1 Å². The Morgan fingerprint density at radius 2 is 1.49 bits per heavy atom. The van der Waals surface area contributed by atoms with Crippen LogP contribution in [0.2, 0.25) is 0 Å². The highest BCUT2D eigenvalue weighted by Gasteiger charge is 2.37. The van der Waals surface area contributed by atoms with Gasteiger partial charge in [-0.05, 0) is 41.5 Å². The summed E-state index contributed by atoms with van der Waals surface area (Å²) in [7, 11) is -3.98. The quantitative estimate of drug-likeness (QED) is 0.0546. The van der Waals surface area contributed by atoms with Crippen molar-refractivity contribution >= 4 is 45.6 Å². The molecular weight excluding hydrogens is 696 g/mol. The Kier molecular flexibility index (Phi) is 19.2. The van der Waals surface area contributed by atoms with Crippen LogP contribution in [-0.4, -0.2) is 126 Å². The zero-order valence-electron chi connectivity index (χ0n) is 29.8. The molecule has 7 N–H and O–H groups in total. The molecule has 1 rings (SSSR count). The number of carbonyl (C=O) groups excluding carboxylic acids is 4. The van der Waals surface area contributed by atoms with E-state index in [1.165, 1.54) is 0 Å². The second kappa shape index (κ2) is 21.9. The number of carboxylic acid groups (broad SMARTS) is 2. The number of nitrogens with one attached hydrogen (secondary N) is 5. The topological polar surface area (TPSA) is 298 Å². The Labute approximate surface area is 297 Å². The van der Waals surface area contributed by atoms with Gasteiger partial charge >= 0.3 is 11.9 Å². The lowest BCUT2D eigenvalue weighted by molar-refractivity contribution is -0.144. The molecule has 0 bridgehead atoms. The number of sulfonamides is 1. The lowest BCUT2D eigenvalue weighted by Crippen LogP contribution is -2.44. The maximum atomic E-state index is 12.8. The normalized spacial score (nSPS) is 13.1. The van der Waals surface area contributed by atoms with Gasteiger partial charge in [0.25, 0.3) is 0 Å². The molecule has 0 aliphatic carbocycles. The Morgan fingerprint density at radius 3 is 2.10 bits per heavy atom. The number of carboxylic acids is 2. The minimum Gasteiger partial charge on any atom is -0.480 e. The zero-order valence-corrected chi connectivity index (χ0v) is 30.6. The molecule has 0 spiro atoms. The van der Waals surface area contributed by atoms with Crippen molar-refractivity contribution in [2.75, 3.05) is 38.7 Å². The number of aromatic nitrogens is 4. The number of H-pyrrole nitrogens is 1. The first kappa shape index (κ1) is 44.8. The van der Waals surface area contributed by atoms with Crippen LogP contribution in [0.1, 0.15) is 85.4 Å². The average molecular weight is 749 g/mol. The molecule has 0 aromatic carbocycles. The molecule has 1 aromatic rings. The number of aromatic amines is 1. The van der Waals surface area contributed by atoms with Crippen LogP contribution in [0.15, 0.2) is 0 Å². The van der Waals surface area contributed by atoms with Crippen LogP contribution in [0.4, 0.5) is 0 Å². The SMILES string of the molecule is CCCC(NC(=O)CCC(NC(=O)COCCOCCNC(=O)CCCS(=O)(=O)NC(=O)C(C)(C)CC(C)(C)Cc1nnn[nH]1)C(=O)O)C(=O)O. The third-order valence-electron chi connectivity index (χ3n) is 7.31. The van der Waals surface area contributed by atoms with E-state index < -0.39 is 80.9 Å². The van der Waals surface area contributed by atoms with Gasteiger partial charge in [0.1, 0.15) is 24.5 Å². The van der Waals surface area contributed by atoms with Gasteiger partial charge < -0.3 is 35.6 Å². The highest BCUT2D eigenvalue weighted by molar-refractivity contribution is 7.90. The van der Waals surface area contributed by atoms with E-state index in [0.717, 1.165) is 0 Å². The van der Waals surface area contributed by atoms with Crippen LogP contribution in [-0.2, 0) is 54.7 Å². The van der Waals surface area contributed by atoms with Gasteiger partial charge in [0.2, 0.25) is 33.7 Å². The number of nitrogens with zero attached hydrogens (tertiary/aromatic N) is 3. The fraction of sp³-hybridized carbons (Fsp3) is 0.767. The molecule has 51 heavy (non-hydrogen) atoms. The van der Waals surface area contributed by atoms with Crippen LogP contribution >= 0.6 is 0 Å². The van der Waals surface area contributed by atoms with E-state index in [1.807, 2.05) is 13.8 Å². The van der Waals surface area contributed by atoms with Gasteiger partial charge in [-0.25, -0.2) is 23.1 Å². The number of tetrazole rings is 1. The molecule has 290 valence electrons. The number of carbonyl (C=O) groups is 6. The summed E-state index contributed by atoms with van der Waals surface area (Å²) in [6, 6.07) is -2.46. The fourth-order valence-corrected chi connectivity index (χ4v) is 6.30. The summed E-state index contributed by atoms with van der Waals surface area (Å²) in [5, 5.41) is 39.2. The van der Waals surface area contributed by atoms with E-state index in [-0.39, 0.29) is 58.5 Å². The summed E-state index contributed by atoms with van der Waals surface area (Å²) < 4.78 is 37.6. The molecule has 21 heteroatoms. The summed E-state index contributed by atoms with van der Waals surface area (Å²) in [6.07, 6.45) is 0.873. The largest absolute Gasteiger partial charge is 0.480 e. The van der Waals surface area contributed by atoms with Gasteiger partial charge in [-0.2, -0.15) is 0 Å². The van der Waals surface area contributed by atoms with E-state index in [4.69, 9.17) is 14.6 Å². The molecule has 1 aromatic heterocycles. The summed E-state index contributed by atoms with van der Waals surface area (Å²) in [4.78, 5) is 71.7. The fourth-order valence-electron chi connectivity index (χ4n) is 5.12. The van der Waals surface area contributed by atoms with Gasteiger partial charge in [-0.1, -0.05) is 41.0 Å². The summed E-state index contributed by atoms with van der Waals surface area (Å²) in [5.41, 5.74) is -1.44. The molecule has 2 unspecified atom stereocenters. The smallest absolute Gasteiger partial charge is 0.326 e. The van der Waals surface area contributed by atoms with Crippen LogP contribution in [0.5, 0.6) is 0 Å². The maximum absolute atomic E-state index is 12.8. The van der Waals surface area contributed by atoms with Gasteiger partial charge in [0.05, 0.1) is 25.6 Å². The standard InChI is InChI=1S/C30H52N8O12S/c1-6-8-20(26(42)43)32-24(40)11-10-21(27(44)45)33-25(41)18-50-15-14-49-13-12-31-23(39)9-7-16-51(47,48)36-28(46)30(4,5)19-29(2,3)17-22-34-37-38-35-22/h20-21H,6-19H2,1-5H3,(H,31,39)(H,32,40)(H,33,41)(H,36,46)(H,42,43)(H,44,45)(H,34,35,37,38). The summed E-state index contributed by atoms with van der Waals surface area (Å²) >= 11 is 0. The Hall–Kier alpha value is -4.24. The third-order valence-corrected chi connectivity index (χ3v) is 8.64. The van der Waals surface area contributed by atoms with Crippen molar-refractivity contribution in [1.29, 1.82) is 0 Å². The van der Waals surface area contributed by atoms with E-state index in [2.05, 4.69) is 41.3 Å². The number of amides is 4. The average Bonchev–Trinajstić information content (AvgIpc) is 3.51. The van der Waals surface area contributed by atoms with E-state index >= 15 is 0 Å². The van der Waals surface area contributed by atoms with Crippen molar-refractivity contribution < 1.29 is 56.9 Å². The molecule has 0 fully saturated rings. The number of hydrogen-bond donors (Lipinski definition) is 7. The molecule has 4 amide bonds. The summed E-state index contributed by atoms with van der Waals surface area (Å²) in [5.74, 6) is -4.89. The molecular formula is C30H52N8O12S. The van der Waals surface area contributed by atoms with Gasteiger partial charge in [-0.3, -0.25) is 23.9 Å². The third kappa shape index (κ3) is 19.7. The highest BCUT2D eigenvalue weighted by atomic mass is 32.2. The number of aliphatic carboxylic acids is 2. The molecule has 2 atom stereocenters. The lowest BCUT2D eigenvalue weighted by atomic mass is 9.73. The lowest BCUT2D eigenvalue weighted by Gasteiger charge is -2.33. The monoisotopic (exact) mass is 748 g/mol. The first-order valence-corrected chi connectivity index (χ1v) is 18.2. The molecule has 0 aliphatic heterocycles. The molecule has 0 saturated carbocycles. The predicted octanol–water partition coefficient (Wildman–Crippen LogP) is -0.721. The molecule has 0 radical (unpaired) electrons. The van der Waals surface area contributed by atoms with Crippen LogP contribution < -0.4 is 20.7 Å². The van der Waals surface area contributed by atoms with Gasteiger partial charge in [0, 0.05) is 31.2 Å². The van der Waals surface area contributed by atoms with Crippen LogP contribution in [0.3, 0.4) is 0 Å². The molecule has 1 heterocycles. The van der Waals surface area contributed by atoms with E-state index in [9.17, 15) is 42.3 Å². The molecule has 0 aliphatic rings. The Morgan fingerprint density at radius 1 is 0.863 bits per heavy atom. The first-order chi connectivity index (χ1) is 23.8. The minimum atomic E-state index is -3.98. The number of hydrogen-bond acceptors (Lipinski definition) is 13. The minimum absolute atomic E-state index is 0.0182. The Balaban J connectivity index is 2.23. The van der Waals surface area contributed by atoms with Crippen molar-refractivity contribution in [2.45, 2.75) is 98.1 Å². The van der Waals surface area contributed by atoms with Crippen molar-refractivity contribution in [2.24, 2.45) is 10.8 Å². The van der Waals surface area contributed by atoms with E-state index in [1.54, 1.807) is 20.8 Å². The first-order valence-electron chi connectivity index (χ1n) is 16.5. The highest BCUT2D eigenvalue weighted by Crippen LogP contribution is 2.36. The molecule has 0 saturated heterocycles. The number of rotatable bonds is 27. The predicted molar refractivity (Wildman–Crippen MR) is 179 cm³/mol. The van der Waals surface area contributed by atoms with Gasteiger partial charge in [0.15, 0.2) is 0 Å². The van der Waals surface area contributed by atoms with Crippen molar-refractivity contribution in [1.82, 2.24) is 41.3 Å². The number of ether oxygens (including phenoxy) is 2. The van der Waals surface area contributed by atoms with Crippen molar-refractivity contribution in [3.8, 4) is 0 Å². The van der Waals surface area contributed by atoms with Crippen LogP contribution in [0, 0.1) is 10.8 Å². The summed E-state index contributed by atoms with van der Waals surface area (Å²) in [6.45, 7) is 8.67. The Bertz CT molecular complexity index is 1400. The van der Waals surface area contributed by atoms with Crippen LogP contribution in [0.25, 0.3) is 0 Å². The second-order valence-corrected chi connectivity index (χ2v) is 15.2. The van der Waals surface area contributed by atoms with Crippen molar-refractivity contribution in [3.05, 3.63) is 5.82 Å². The maximum Gasteiger partial charge on any atom is 0.326 e. The van der Waals surface area contributed by atoms with Crippen molar-refractivity contribution in [3.63, 3.8) is 0 Å². The molecule has 20 nitrogen and oxygen atoms in total. The zero-order chi connectivity index (χ0) is 38.7. The second-order valence-electron chi connectivity index (χ2n) is 13.4.